The van der Waals surface area contributed by atoms with Crippen LogP contribution in [0.3, 0.4) is 0 Å². The van der Waals surface area contributed by atoms with Crippen molar-refractivity contribution in [3.63, 3.8) is 0 Å². The molecule has 2 heterocycles. The molecule has 3 rings (SSSR count). The van der Waals surface area contributed by atoms with Crippen LogP contribution >= 0.6 is 11.8 Å². The Kier molecular flexibility index (Phi) is 2.47. The quantitative estimate of drug-likeness (QED) is 0.730. The fourth-order valence-corrected chi connectivity index (χ4v) is 4.17. The summed E-state index contributed by atoms with van der Waals surface area (Å²) in [6, 6.07) is 8.41. The van der Waals surface area contributed by atoms with E-state index >= 15 is 0 Å². The molecular weight excluding hydrogens is 216 g/mol. The molecule has 2 heteroatoms. The van der Waals surface area contributed by atoms with Gasteiger partial charge in [0.1, 0.15) is 11.3 Å². The summed E-state index contributed by atoms with van der Waals surface area (Å²) in [6.45, 7) is 4.46. The second kappa shape index (κ2) is 3.85. The second-order valence-corrected chi connectivity index (χ2v) is 5.76. The van der Waals surface area contributed by atoms with Crippen molar-refractivity contribution in [1.29, 1.82) is 0 Å². The molecule has 1 fully saturated rings. The minimum atomic E-state index is 0.675. The van der Waals surface area contributed by atoms with E-state index in [9.17, 15) is 0 Å². The Morgan fingerprint density at radius 1 is 1.25 bits per heavy atom. The van der Waals surface area contributed by atoms with Crippen LogP contribution in [-0.4, -0.2) is 11.5 Å². The van der Waals surface area contributed by atoms with Gasteiger partial charge in [-0.15, -0.1) is 0 Å². The zero-order chi connectivity index (χ0) is 11.1. The normalized spacial score (nSPS) is 25.4. The minimum Gasteiger partial charge on any atom is -0.461 e. The molecule has 16 heavy (non-hydrogen) atoms. The van der Waals surface area contributed by atoms with Gasteiger partial charge < -0.3 is 4.42 Å². The van der Waals surface area contributed by atoms with Crippen LogP contribution in [0.1, 0.15) is 24.2 Å². The number of hydrogen-bond acceptors (Lipinski definition) is 2. The third-order valence-electron chi connectivity index (χ3n) is 3.56. The van der Waals surface area contributed by atoms with Gasteiger partial charge in [-0.25, -0.2) is 0 Å². The van der Waals surface area contributed by atoms with Crippen molar-refractivity contribution in [1.82, 2.24) is 0 Å². The van der Waals surface area contributed by atoms with Gasteiger partial charge in [0.15, 0.2) is 0 Å². The van der Waals surface area contributed by atoms with E-state index in [-0.39, 0.29) is 0 Å². The van der Waals surface area contributed by atoms with Gasteiger partial charge in [-0.05, 0) is 24.7 Å². The van der Waals surface area contributed by atoms with E-state index in [1.165, 1.54) is 22.5 Å². The number of fused-ring (bicyclic) bond motifs is 1. The van der Waals surface area contributed by atoms with Crippen LogP contribution in [-0.2, 0) is 0 Å². The monoisotopic (exact) mass is 232 g/mol. The number of furan rings is 1. The average Bonchev–Trinajstić information content (AvgIpc) is 2.81. The maximum atomic E-state index is 5.85. The fourth-order valence-electron chi connectivity index (χ4n) is 2.68. The van der Waals surface area contributed by atoms with Crippen molar-refractivity contribution in [3.05, 3.63) is 35.6 Å². The van der Waals surface area contributed by atoms with Crippen LogP contribution in [0.4, 0.5) is 0 Å². The van der Waals surface area contributed by atoms with Gasteiger partial charge in [-0.2, -0.15) is 11.8 Å². The largest absolute Gasteiger partial charge is 0.461 e. The molecule has 2 atom stereocenters. The molecule has 0 bridgehead atoms. The summed E-state index contributed by atoms with van der Waals surface area (Å²) in [6.07, 6.45) is 0. The van der Waals surface area contributed by atoms with Gasteiger partial charge in [0.2, 0.25) is 0 Å². The Hall–Kier alpha value is -0.890. The maximum absolute atomic E-state index is 5.85. The van der Waals surface area contributed by atoms with Crippen molar-refractivity contribution in [3.8, 4) is 0 Å². The van der Waals surface area contributed by atoms with Crippen LogP contribution in [0.5, 0.6) is 0 Å². The summed E-state index contributed by atoms with van der Waals surface area (Å²) in [5.74, 6) is 5.08. The van der Waals surface area contributed by atoms with Crippen LogP contribution in [0.25, 0.3) is 11.0 Å². The standard InChI is InChI=1S/C14H16OS/c1-9-7-16-8-12(9)14-10(2)15-13-6-4-3-5-11(13)14/h3-6,9,12H,7-8H2,1-2H3. The molecule has 0 aliphatic carbocycles. The SMILES string of the molecule is Cc1oc2ccccc2c1C1CSCC1C. The van der Waals surface area contributed by atoms with Crippen LogP contribution in [0.2, 0.25) is 0 Å². The van der Waals surface area contributed by atoms with Gasteiger partial charge in [0.05, 0.1) is 0 Å². The Labute approximate surface area is 100 Å². The topological polar surface area (TPSA) is 13.1 Å². The predicted octanol–water partition coefficient (Wildman–Crippen LogP) is 4.21. The van der Waals surface area contributed by atoms with Gasteiger partial charge in [-0.1, -0.05) is 25.1 Å². The third kappa shape index (κ3) is 1.47. The van der Waals surface area contributed by atoms with Crippen molar-refractivity contribution in [2.45, 2.75) is 19.8 Å². The number of thioether (sulfide) groups is 1. The molecule has 0 saturated carbocycles. The van der Waals surface area contributed by atoms with Crippen molar-refractivity contribution in [2.75, 3.05) is 11.5 Å². The van der Waals surface area contributed by atoms with Crippen molar-refractivity contribution in [2.24, 2.45) is 5.92 Å². The first kappa shape index (κ1) is 10.3. The first-order valence-corrected chi connectivity index (χ1v) is 6.98. The first-order valence-electron chi connectivity index (χ1n) is 5.83. The molecule has 1 nitrogen and oxygen atoms in total. The van der Waals surface area contributed by atoms with E-state index in [2.05, 4.69) is 43.8 Å². The maximum Gasteiger partial charge on any atom is 0.134 e. The van der Waals surface area contributed by atoms with E-state index in [1.54, 1.807) is 0 Å². The molecule has 0 N–H and O–H groups in total. The second-order valence-electron chi connectivity index (χ2n) is 4.69. The highest BCUT2D eigenvalue weighted by atomic mass is 32.2. The van der Waals surface area contributed by atoms with Crippen LogP contribution in [0.15, 0.2) is 28.7 Å². The smallest absolute Gasteiger partial charge is 0.134 e. The summed E-state index contributed by atoms with van der Waals surface area (Å²) in [4.78, 5) is 0. The lowest BCUT2D eigenvalue weighted by molar-refractivity contribution is 0.533. The van der Waals surface area contributed by atoms with Gasteiger partial charge in [0, 0.05) is 22.6 Å². The highest BCUT2D eigenvalue weighted by molar-refractivity contribution is 7.99. The number of para-hydroxylation sites is 1. The lowest BCUT2D eigenvalue weighted by atomic mass is 9.88. The molecule has 1 aliphatic heterocycles. The van der Waals surface area contributed by atoms with Gasteiger partial charge in [0.25, 0.3) is 0 Å². The Morgan fingerprint density at radius 3 is 2.81 bits per heavy atom. The van der Waals surface area contributed by atoms with E-state index in [0.717, 1.165) is 17.3 Å². The van der Waals surface area contributed by atoms with Gasteiger partial charge in [-0.3, -0.25) is 0 Å². The van der Waals surface area contributed by atoms with Crippen LogP contribution < -0.4 is 0 Å². The van der Waals surface area contributed by atoms with Crippen molar-refractivity contribution >= 4 is 22.7 Å². The fraction of sp³-hybridized carbons (Fsp3) is 0.429. The zero-order valence-electron chi connectivity index (χ0n) is 9.69. The number of benzene rings is 1. The first-order chi connectivity index (χ1) is 7.77. The molecule has 2 aromatic rings. The molecule has 84 valence electrons. The molecule has 1 aromatic carbocycles. The van der Waals surface area contributed by atoms with E-state index in [4.69, 9.17) is 4.42 Å². The molecular formula is C14H16OS. The minimum absolute atomic E-state index is 0.675. The van der Waals surface area contributed by atoms with E-state index < -0.39 is 0 Å². The number of aryl methyl sites for hydroxylation is 1. The number of hydrogen-bond donors (Lipinski definition) is 0. The molecule has 1 aromatic heterocycles. The lowest BCUT2D eigenvalue weighted by Crippen LogP contribution is -2.07. The molecule has 0 amide bonds. The molecule has 1 saturated heterocycles. The Bertz CT molecular complexity index is 514. The van der Waals surface area contributed by atoms with E-state index in [0.29, 0.717) is 5.92 Å². The Balaban J connectivity index is 2.18. The third-order valence-corrected chi connectivity index (χ3v) is 4.91. The molecule has 0 radical (unpaired) electrons. The highest BCUT2D eigenvalue weighted by Gasteiger charge is 2.29. The summed E-state index contributed by atoms with van der Waals surface area (Å²) in [5, 5.41) is 1.32. The number of rotatable bonds is 1. The summed E-state index contributed by atoms with van der Waals surface area (Å²) < 4.78 is 5.85. The van der Waals surface area contributed by atoms with Crippen LogP contribution in [0, 0.1) is 12.8 Å². The summed E-state index contributed by atoms with van der Waals surface area (Å²) in [5.41, 5.74) is 2.49. The predicted molar refractivity (Wildman–Crippen MR) is 70.2 cm³/mol. The molecule has 2 unspecified atom stereocenters. The molecule has 1 aliphatic rings. The highest BCUT2D eigenvalue weighted by Crippen LogP contribution is 2.42. The van der Waals surface area contributed by atoms with Gasteiger partial charge >= 0.3 is 0 Å². The Morgan fingerprint density at radius 2 is 2.06 bits per heavy atom. The molecule has 0 spiro atoms. The summed E-state index contributed by atoms with van der Waals surface area (Å²) in [7, 11) is 0. The zero-order valence-corrected chi connectivity index (χ0v) is 10.5. The average molecular weight is 232 g/mol. The lowest BCUT2D eigenvalue weighted by Gasteiger charge is -2.13. The summed E-state index contributed by atoms with van der Waals surface area (Å²) >= 11 is 2.06. The van der Waals surface area contributed by atoms with E-state index in [1.807, 2.05) is 6.07 Å². The van der Waals surface area contributed by atoms with Crippen molar-refractivity contribution < 1.29 is 4.42 Å².